The van der Waals surface area contributed by atoms with E-state index in [0.717, 1.165) is 0 Å². The minimum Gasteiger partial charge on any atom is -0.306 e. The average Bonchev–Trinajstić information content (AvgIpc) is 2.41. The predicted molar refractivity (Wildman–Crippen MR) is 72.7 cm³/mol. The molecule has 1 aromatic carbocycles. The molecule has 0 radical (unpaired) electrons. The monoisotopic (exact) mass is 247 g/mol. The minimum absolute atomic E-state index is 0.252. The fourth-order valence-electron chi connectivity index (χ4n) is 2.15. The lowest BCUT2D eigenvalue weighted by Gasteiger charge is -2.23. The lowest BCUT2D eigenvalue weighted by atomic mass is 10.2. The van der Waals surface area contributed by atoms with Crippen LogP contribution in [0.1, 0.15) is 13.8 Å². The minimum atomic E-state index is -0.303. The molecule has 96 valence electrons. The van der Waals surface area contributed by atoms with Gasteiger partial charge in [0.15, 0.2) is 0 Å². The van der Waals surface area contributed by atoms with E-state index in [4.69, 9.17) is 0 Å². The summed E-state index contributed by atoms with van der Waals surface area (Å²) in [6.07, 6.45) is 0. The average molecular weight is 247 g/mol. The first kappa shape index (κ1) is 12.4. The van der Waals surface area contributed by atoms with Crippen LogP contribution in [0.4, 0.5) is 0 Å². The summed E-state index contributed by atoms with van der Waals surface area (Å²) in [5, 5.41) is 2.29. The Hall–Kier alpha value is -2.04. The van der Waals surface area contributed by atoms with Gasteiger partial charge in [0.25, 0.3) is 5.56 Å². The normalized spacial score (nSPS) is 10.8. The van der Waals surface area contributed by atoms with E-state index < -0.39 is 0 Å². The Morgan fingerprint density at radius 2 is 1.72 bits per heavy atom. The molecule has 5 heteroatoms. The van der Waals surface area contributed by atoms with Crippen molar-refractivity contribution in [1.82, 2.24) is 9.24 Å². The van der Waals surface area contributed by atoms with Crippen molar-refractivity contribution in [3.63, 3.8) is 0 Å². The Kier molecular flexibility index (Phi) is 3.23. The molecule has 0 saturated carbocycles. The highest BCUT2D eigenvalue weighted by atomic mass is 16.2. The second-order valence-corrected chi connectivity index (χ2v) is 4.11. The Labute approximate surface area is 105 Å². The van der Waals surface area contributed by atoms with Crippen LogP contribution in [0, 0.1) is 0 Å². The van der Waals surface area contributed by atoms with Crippen LogP contribution in [0.5, 0.6) is 0 Å². The van der Waals surface area contributed by atoms with Crippen LogP contribution in [0.25, 0.3) is 10.9 Å². The maximum absolute atomic E-state index is 12.4. The molecule has 0 aliphatic heterocycles. The summed E-state index contributed by atoms with van der Waals surface area (Å²) in [5.74, 6) is 0. The number of benzene rings is 1. The van der Waals surface area contributed by atoms with Crippen molar-refractivity contribution >= 4 is 10.9 Å². The highest BCUT2D eigenvalue weighted by molar-refractivity contribution is 5.77. The standard InChI is InChI=1S/C13H17N3O2/c1-4-15(5-2)16-12(17)10-8-6-7-9-11(10)14(3)13(16)18/h6-9H,4-5H2,1-3H3. The molecule has 18 heavy (non-hydrogen) atoms. The molecule has 0 amide bonds. The number of fused-ring (bicyclic) bond motifs is 1. The smallest absolute Gasteiger partial charge is 0.306 e. The van der Waals surface area contributed by atoms with Gasteiger partial charge in [-0.2, -0.15) is 4.68 Å². The van der Waals surface area contributed by atoms with Crippen LogP contribution in [-0.2, 0) is 7.05 Å². The second kappa shape index (κ2) is 4.68. The van der Waals surface area contributed by atoms with Crippen molar-refractivity contribution < 1.29 is 0 Å². The van der Waals surface area contributed by atoms with E-state index in [2.05, 4.69) is 0 Å². The van der Waals surface area contributed by atoms with Gasteiger partial charge in [-0.05, 0) is 26.0 Å². The molecule has 2 rings (SSSR count). The third-order valence-corrected chi connectivity index (χ3v) is 3.17. The quantitative estimate of drug-likeness (QED) is 0.801. The fourth-order valence-corrected chi connectivity index (χ4v) is 2.15. The van der Waals surface area contributed by atoms with E-state index in [-0.39, 0.29) is 11.2 Å². The lowest BCUT2D eigenvalue weighted by Crippen LogP contribution is -2.52. The van der Waals surface area contributed by atoms with Crippen molar-refractivity contribution in [1.29, 1.82) is 0 Å². The molecule has 1 heterocycles. The third kappa shape index (κ3) is 1.72. The molecule has 0 unspecified atom stereocenters. The zero-order valence-electron chi connectivity index (χ0n) is 10.9. The molecular formula is C13H17N3O2. The van der Waals surface area contributed by atoms with Gasteiger partial charge in [-0.1, -0.05) is 12.1 Å². The van der Waals surface area contributed by atoms with Crippen LogP contribution in [0.2, 0.25) is 0 Å². The Morgan fingerprint density at radius 1 is 1.11 bits per heavy atom. The van der Waals surface area contributed by atoms with Gasteiger partial charge in [0.05, 0.1) is 10.9 Å². The number of aryl methyl sites for hydroxylation is 1. The van der Waals surface area contributed by atoms with Gasteiger partial charge in [0.2, 0.25) is 0 Å². The number of aromatic nitrogens is 2. The molecule has 0 fully saturated rings. The molecule has 0 spiro atoms. The zero-order valence-corrected chi connectivity index (χ0v) is 10.9. The molecule has 0 saturated heterocycles. The molecule has 1 aromatic heterocycles. The van der Waals surface area contributed by atoms with E-state index in [1.165, 1.54) is 9.24 Å². The fraction of sp³-hybridized carbons (Fsp3) is 0.385. The highest BCUT2D eigenvalue weighted by Crippen LogP contribution is 2.05. The SMILES string of the molecule is CCN(CC)n1c(=O)c2ccccc2n(C)c1=O. The van der Waals surface area contributed by atoms with Crippen molar-refractivity contribution in [3.8, 4) is 0 Å². The van der Waals surface area contributed by atoms with Crippen LogP contribution >= 0.6 is 0 Å². The Balaban J connectivity index is 2.92. The Bertz CT molecular complexity index is 681. The lowest BCUT2D eigenvalue weighted by molar-refractivity contribution is 0.554. The maximum atomic E-state index is 12.4. The molecular weight excluding hydrogens is 230 g/mol. The molecule has 0 atom stereocenters. The van der Waals surface area contributed by atoms with Crippen molar-refractivity contribution in [2.45, 2.75) is 13.8 Å². The summed E-state index contributed by atoms with van der Waals surface area (Å²) in [6, 6.07) is 7.16. The molecule has 0 bridgehead atoms. The Morgan fingerprint density at radius 3 is 2.33 bits per heavy atom. The number of rotatable bonds is 3. The van der Waals surface area contributed by atoms with Gasteiger partial charge in [0.1, 0.15) is 0 Å². The van der Waals surface area contributed by atoms with Crippen LogP contribution in [-0.4, -0.2) is 22.3 Å². The highest BCUT2D eigenvalue weighted by Gasteiger charge is 2.13. The first-order chi connectivity index (χ1) is 8.61. The first-order valence-corrected chi connectivity index (χ1v) is 6.07. The number of para-hydroxylation sites is 1. The van der Waals surface area contributed by atoms with E-state index in [1.54, 1.807) is 30.3 Å². The number of hydrogen-bond donors (Lipinski definition) is 0. The molecule has 0 N–H and O–H groups in total. The largest absolute Gasteiger partial charge is 0.350 e. The van der Waals surface area contributed by atoms with E-state index in [9.17, 15) is 9.59 Å². The summed E-state index contributed by atoms with van der Waals surface area (Å²) >= 11 is 0. The second-order valence-electron chi connectivity index (χ2n) is 4.11. The third-order valence-electron chi connectivity index (χ3n) is 3.17. The summed E-state index contributed by atoms with van der Waals surface area (Å²) in [6.45, 7) is 5.07. The van der Waals surface area contributed by atoms with Crippen LogP contribution in [0.15, 0.2) is 33.9 Å². The number of nitrogens with zero attached hydrogens (tertiary/aromatic N) is 3. The number of hydrogen-bond acceptors (Lipinski definition) is 3. The first-order valence-electron chi connectivity index (χ1n) is 6.07. The molecule has 2 aromatic rings. The summed E-state index contributed by atoms with van der Waals surface area (Å²) in [7, 11) is 1.68. The summed E-state index contributed by atoms with van der Waals surface area (Å²) in [5.41, 5.74) is 0.107. The predicted octanol–water partition coefficient (Wildman–Crippen LogP) is 0.678. The van der Waals surface area contributed by atoms with Gasteiger partial charge in [-0.25, -0.2) is 4.79 Å². The molecule has 5 nitrogen and oxygen atoms in total. The van der Waals surface area contributed by atoms with E-state index in [0.29, 0.717) is 24.0 Å². The van der Waals surface area contributed by atoms with Gasteiger partial charge in [-0.15, -0.1) is 0 Å². The molecule has 0 aliphatic rings. The van der Waals surface area contributed by atoms with Gasteiger partial charge < -0.3 is 5.01 Å². The maximum Gasteiger partial charge on any atom is 0.350 e. The van der Waals surface area contributed by atoms with Gasteiger partial charge in [-0.3, -0.25) is 9.36 Å². The summed E-state index contributed by atoms with van der Waals surface area (Å²) in [4.78, 5) is 24.6. The van der Waals surface area contributed by atoms with Crippen LogP contribution < -0.4 is 16.3 Å². The van der Waals surface area contributed by atoms with Crippen molar-refractivity contribution in [2.75, 3.05) is 18.1 Å². The van der Waals surface area contributed by atoms with Crippen molar-refractivity contribution in [2.24, 2.45) is 7.05 Å². The molecule has 0 aliphatic carbocycles. The topological polar surface area (TPSA) is 47.2 Å². The van der Waals surface area contributed by atoms with Crippen molar-refractivity contribution in [3.05, 3.63) is 45.1 Å². The van der Waals surface area contributed by atoms with Crippen LogP contribution in [0.3, 0.4) is 0 Å². The zero-order chi connectivity index (χ0) is 13.3. The van der Waals surface area contributed by atoms with E-state index in [1.807, 2.05) is 19.9 Å². The van der Waals surface area contributed by atoms with E-state index >= 15 is 0 Å². The van der Waals surface area contributed by atoms with Gasteiger partial charge in [0, 0.05) is 20.1 Å². The van der Waals surface area contributed by atoms with Gasteiger partial charge >= 0.3 is 5.69 Å². The summed E-state index contributed by atoms with van der Waals surface area (Å²) < 4.78 is 2.73.